The molecule has 0 spiro atoms. The molecule has 27 heavy (non-hydrogen) atoms. The van der Waals surface area contributed by atoms with Gasteiger partial charge >= 0.3 is 0 Å². The Morgan fingerprint density at radius 3 is 2.26 bits per heavy atom. The van der Waals surface area contributed by atoms with Crippen molar-refractivity contribution in [3.63, 3.8) is 0 Å². The first kappa shape index (κ1) is 20.7. The average Bonchev–Trinajstić information content (AvgIpc) is 2.70. The highest BCUT2D eigenvalue weighted by molar-refractivity contribution is 7.89. The highest BCUT2D eigenvalue weighted by Crippen LogP contribution is 2.27. The number of carbonyl (C=O) groups is 1. The lowest BCUT2D eigenvalue weighted by Gasteiger charge is -2.11. The highest BCUT2D eigenvalue weighted by atomic mass is 32.2. The molecule has 0 aromatic heterocycles. The van der Waals surface area contributed by atoms with Crippen LogP contribution in [0.5, 0.6) is 11.5 Å². The Bertz CT molecular complexity index is 879. The topological polar surface area (TPSA) is 93.7 Å². The summed E-state index contributed by atoms with van der Waals surface area (Å²) < 4.78 is 37.0. The predicted octanol–water partition coefficient (Wildman–Crippen LogP) is 2.32. The molecule has 2 aromatic rings. The summed E-state index contributed by atoms with van der Waals surface area (Å²) in [4.78, 5) is 12.4. The summed E-state index contributed by atoms with van der Waals surface area (Å²) >= 11 is 0. The third kappa shape index (κ3) is 5.45. The summed E-state index contributed by atoms with van der Waals surface area (Å²) in [5.41, 5.74) is 1.23. The molecule has 0 saturated carbocycles. The maximum Gasteiger partial charge on any atom is 0.251 e. The third-order valence-corrected chi connectivity index (χ3v) is 5.35. The van der Waals surface area contributed by atoms with Crippen molar-refractivity contribution in [2.75, 3.05) is 20.8 Å². The van der Waals surface area contributed by atoms with Crippen LogP contribution in [0.4, 0.5) is 0 Å². The maximum absolute atomic E-state index is 12.3. The monoisotopic (exact) mass is 392 g/mol. The van der Waals surface area contributed by atoms with Crippen LogP contribution in [0.2, 0.25) is 0 Å². The van der Waals surface area contributed by atoms with E-state index < -0.39 is 10.0 Å². The summed E-state index contributed by atoms with van der Waals surface area (Å²) in [5.74, 6) is 0.898. The second-order valence-electron chi connectivity index (χ2n) is 5.79. The van der Waals surface area contributed by atoms with Gasteiger partial charge in [0.05, 0.1) is 19.1 Å². The van der Waals surface area contributed by atoms with Gasteiger partial charge in [0.15, 0.2) is 11.5 Å². The summed E-state index contributed by atoms with van der Waals surface area (Å²) in [6.07, 6.45) is 0.704. The summed E-state index contributed by atoms with van der Waals surface area (Å²) in [6.45, 7) is 2.56. The van der Waals surface area contributed by atoms with Gasteiger partial charge in [-0.25, -0.2) is 13.1 Å². The lowest BCUT2D eigenvalue weighted by Crippen LogP contribution is -2.25. The molecule has 8 heteroatoms. The van der Waals surface area contributed by atoms with Gasteiger partial charge in [-0.1, -0.05) is 13.0 Å². The average molecular weight is 392 g/mol. The van der Waals surface area contributed by atoms with Gasteiger partial charge in [0.25, 0.3) is 5.91 Å². The van der Waals surface area contributed by atoms with Crippen molar-refractivity contribution < 1.29 is 22.7 Å². The Morgan fingerprint density at radius 2 is 1.67 bits per heavy atom. The van der Waals surface area contributed by atoms with E-state index >= 15 is 0 Å². The van der Waals surface area contributed by atoms with E-state index in [0.717, 1.165) is 5.56 Å². The second kappa shape index (κ2) is 9.38. The molecule has 0 atom stereocenters. The molecule has 0 radical (unpaired) electrons. The molecular weight excluding hydrogens is 368 g/mol. The summed E-state index contributed by atoms with van der Waals surface area (Å²) in [7, 11) is -0.439. The quantitative estimate of drug-likeness (QED) is 0.683. The minimum atomic E-state index is -3.54. The highest BCUT2D eigenvalue weighted by Gasteiger charge is 2.14. The van der Waals surface area contributed by atoms with E-state index in [1.54, 1.807) is 26.4 Å². The maximum atomic E-state index is 12.3. The number of hydrogen-bond donors (Lipinski definition) is 2. The number of benzene rings is 2. The molecule has 0 heterocycles. The number of methoxy groups -OCH3 is 2. The van der Waals surface area contributed by atoms with Crippen molar-refractivity contribution >= 4 is 15.9 Å². The van der Waals surface area contributed by atoms with Crippen molar-refractivity contribution in [2.45, 2.75) is 24.8 Å². The fraction of sp³-hybridized carbons (Fsp3) is 0.316. The normalized spacial score (nSPS) is 11.1. The van der Waals surface area contributed by atoms with Crippen molar-refractivity contribution in [1.82, 2.24) is 10.0 Å². The van der Waals surface area contributed by atoms with Crippen LogP contribution in [0.3, 0.4) is 0 Å². The second-order valence-corrected chi connectivity index (χ2v) is 7.56. The first-order chi connectivity index (χ1) is 12.9. The van der Waals surface area contributed by atoms with Crippen molar-refractivity contribution in [3.05, 3.63) is 53.6 Å². The van der Waals surface area contributed by atoms with E-state index in [4.69, 9.17) is 9.47 Å². The SMILES string of the molecule is CCCNS(=O)(=O)c1ccc(C(=O)NCc2ccc(OC)c(OC)c2)cc1. The molecule has 2 aromatic carbocycles. The van der Waals surface area contributed by atoms with E-state index in [1.807, 2.05) is 13.0 Å². The fourth-order valence-corrected chi connectivity index (χ4v) is 3.51. The van der Waals surface area contributed by atoms with Crippen molar-refractivity contribution in [2.24, 2.45) is 0 Å². The van der Waals surface area contributed by atoms with Gasteiger partial charge < -0.3 is 14.8 Å². The van der Waals surface area contributed by atoms with Crippen LogP contribution < -0.4 is 19.5 Å². The molecule has 0 saturated heterocycles. The first-order valence-corrected chi connectivity index (χ1v) is 9.98. The number of ether oxygens (including phenoxy) is 2. The van der Waals surface area contributed by atoms with E-state index in [0.29, 0.717) is 36.6 Å². The Kier molecular flexibility index (Phi) is 7.20. The lowest BCUT2D eigenvalue weighted by molar-refractivity contribution is 0.0950. The van der Waals surface area contributed by atoms with E-state index in [1.165, 1.54) is 24.3 Å². The number of rotatable bonds is 9. The first-order valence-electron chi connectivity index (χ1n) is 8.50. The molecule has 0 fully saturated rings. The summed E-state index contributed by atoms with van der Waals surface area (Å²) in [6, 6.07) is 11.2. The molecule has 0 bridgehead atoms. The smallest absolute Gasteiger partial charge is 0.251 e. The van der Waals surface area contributed by atoms with Gasteiger partial charge in [0, 0.05) is 18.7 Å². The minimum absolute atomic E-state index is 0.132. The zero-order valence-corrected chi connectivity index (χ0v) is 16.4. The van der Waals surface area contributed by atoms with Gasteiger partial charge in [0.1, 0.15) is 0 Å². The number of nitrogens with one attached hydrogen (secondary N) is 2. The standard InChI is InChI=1S/C19H24N2O5S/c1-4-11-21-27(23,24)16-8-6-15(7-9-16)19(22)20-13-14-5-10-17(25-2)18(12-14)26-3/h5-10,12,21H,4,11,13H2,1-3H3,(H,20,22). The van der Waals surface area contributed by atoms with Crippen LogP contribution in [0.15, 0.2) is 47.4 Å². The lowest BCUT2D eigenvalue weighted by atomic mass is 10.1. The number of carbonyl (C=O) groups excluding carboxylic acids is 1. The Hall–Kier alpha value is -2.58. The Morgan fingerprint density at radius 1 is 1.00 bits per heavy atom. The molecule has 1 amide bonds. The van der Waals surface area contributed by atoms with Crippen LogP contribution in [-0.4, -0.2) is 35.1 Å². The zero-order chi connectivity index (χ0) is 19.9. The largest absolute Gasteiger partial charge is 0.493 e. The number of sulfonamides is 1. The van der Waals surface area contributed by atoms with Gasteiger partial charge in [-0.3, -0.25) is 4.79 Å². The van der Waals surface area contributed by atoms with Gasteiger partial charge in [0.2, 0.25) is 10.0 Å². The molecule has 0 aliphatic carbocycles. The van der Waals surface area contributed by atoms with Gasteiger partial charge in [-0.05, 0) is 48.4 Å². The van der Waals surface area contributed by atoms with Gasteiger partial charge in [-0.2, -0.15) is 0 Å². The molecule has 2 N–H and O–H groups in total. The fourth-order valence-electron chi connectivity index (χ4n) is 2.38. The third-order valence-electron chi connectivity index (χ3n) is 3.87. The van der Waals surface area contributed by atoms with Crippen LogP contribution in [-0.2, 0) is 16.6 Å². The van der Waals surface area contributed by atoms with Crippen LogP contribution in [0.1, 0.15) is 29.3 Å². The van der Waals surface area contributed by atoms with E-state index in [9.17, 15) is 13.2 Å². The zero-order valence-electron chi connectivity index (χ0n) is 15.6. The molecular formula is C19H24N2O5S. The Labute approximate surface area is 159 Å². The van der Waals surface area contributed by atoms with Crippen LogP contribution in [0, 0.1) is 0 Å². The number of amides is 1. The molecule has 0 aliphatic rings. The molecule has 0 unspecified atom stereocenters. The van der Waals surface area contributed by atoms with E-state index in [2.05, 4.69) is 10.0 Å². The molecule has 2 rings (SSSR count). The van der Waals surface area contributed by atoms with Crippen molar-refractivity contribution in [1.29, 1.82) is 0 Å². The molecule has 146 valence electrons. The van der Waals surface area contributed by atoms with Crippen molar-refractivity contribution in [3.8, 4) is 11.5 Å². The summed E-state index contributed by atoms with van der Waals surface area (Å²) in [5, 5.41) is 2.80. The van der Waals surface area contributed by atoms with Gasteiger partial charge in [-0.15, -0.1) is 0 Å². The minimum Gasteiger partial charge on any atom is -0.493 e. The van der Waals surface area contributed by atoms with Crippen LogP contribution in [0.25, 0.3) is 0 Å². The Balaban J connectivity index is 2.02. The molecule has 7 nitrogen and oxygen atoms in total. The van der Waals surface area contributed by atoms with Crippen LogP contribution >= 0.6 is 0 Å². The van der Waals surface area contributed by atoms with E-state index in [-0.39, 0.29) is 10.8 Å². The number of hydrogen-bond acceptors (Lipinski definition) is 5. The molecule has 0 aliphatic heterocycles. The predicted molar refractivity (Wildman–Crippen MR) is 103 cm³/mol.